The molecule has 0 N–H and O–H groups in total. The second-order valence-corrected chi connectivity index (χ2v) is 2.61. The van der Waals surface area contributed by atoms with Crippen LogP contribution in [0.15, 0.2) is 11.6 Å². The highest BCUT2D eigenvalue weighted by Gasteiger charge is 2.29. The monoisotopic (exact) mass is 132 g/mol. The van der Waals surface area contributed by atoms with Gasteiger partial charge in [0.15, 0.2) is 0 Å². The summed E-state index contributed by atoms with van der Waals surface area (Å²) in [6, 6.07) is 0. The molecule has 2 heteroatoms. The summed E-state index contributed by atoms with van der Waals surface area (Å²) in [5.41, 5.74) is 1.10. The summed E-state index contributed by atoms with van der Waals surface area (Å²) in [7, 11) is 0. The highest BCUT2D eigenvalue weighted by atomic mass is 19.3. The van der Waals surface area contributed by atoms with Crippen LogP contribution in [0.4, 0.5) is 8.78 Å². The Hall–Kier alpha value is -0.400. The molecule has 0 unspecified atom stereocenters. The Morgan fingerprint density at radius 3 is 2.56 bits per heavy atom. The quantitative estimate of drug-likeness (QED) is 0.444. The molecule has 0 nitrogen and oxygen atoms in total. The van der Waals surface area contributed by atoms with Gasteiger partial charge < -0.3 is 0 Å². The molecule has 0 saturated heterocycles. The second-order valence-electron chi connectivity index (χ2n) is 2.61. The van der Waals surface area contributed by atoms with Crippen LogP contribution in [0.3, 0.4) is 0 Å². The van der Waals surface area contributed by atoms with E-state index >= 15 is 0 Å². The van der Waals surface area contributed by atoms with E-state index in [2.05, 4.69) is 0 Å². The van der Waals surface area contributed by atoms with Crippen LogP contribution < -0.4 is 0 Å². The van der Waals surface area contributed by atoms with Gasteiger partial charge in [-0.1, -0.05) is 11.6 Å². The lowest BCUT2D eigenvalue weighted by atomic mass is 9.98. The minimum absolute atomic E-state index is 0.0370. The Morgan fingerprint density at radius 2 is 2.22 bits per heavy atom. The lowest BCUT2D eigenvalue weighted by Gasteiger charge is -2.19. The van der Waals surface area contributed by atoms with Gasteiger partial charge in [-0.05, 0) is 13.3 Å². The largest absolute Gasteiger partial charge is 0.251 e. The van der Waals surface area contributed by atoms with Crippen molar-refractivity contribution < 1.29 is 8.78 Å². The molecule has 0 aliphatic heterocycles. The van der Waals surface area contributed by atoms with Crippen molar-refractivity contribution in [1.82, 2.24) is 0 Å². The standard InChI is InChI=1S/C7H10F2/c1-6-2-4-7(8,9)5-3-6/h2H,3-5H2,1H3. The van der Waals surface area contributed by atoms with Crippen LogP contribution in [-0.4, -0.2) is 5.92 Å². The topological polar surface area (TPSA) is 0 Å². The van der Waals surface area contributed by atoms with Gasteiger partial charge in [0.2, 0.25) is 0 Å². The summed E-state index contributed by atoms with van der Waals surface area (Å²) in [5, 5.41) is 0. The van der Waals surface area contributed by atoms with E-state index in [1.54, 1.807) is 6.08 Å². The van der Waals surface area contributed by atoms with Crippen molar-refractivity contribution in [1.29, 1.82) is 0 Å². The fraction of sp³-hybridized carbons (Fsp3) is 0.714. The minimum atomic E-state index is -2.42. The first-order valence-electron chi connectivity index (χ1n) is 3.14. The molecule has 0 saturated carbocycles. The third-order valence-corrected chi connectivity index (χ3v) is 1.63. The molecule has 1 aliphatic rings. The highest BCUT2D eigenvalue weighted by molar-refractivity contribution is 5.05. The summed E-state index contributed by atoms with van der Waals surface area (Å²) >= 11 is 0. The normalized spacial score (nSPS) is 25.4. The third-order valence-electron chi connectivity index (χ3n) is 1.63. The number of allylic oxidation sites excluding steroid dienone is 2. The number of hydrogen-bond acceptors (Lipinski definition) is 0. The maximum Gasteiger partial charge on any atom is 0.251 e. The Kier molecular flexibility index (Phi) is 1.56. The first-order chi connectivity index (χ1) is 4.10. The average Bonchev–Trinajstić information content (AvgIpc) is 1.78. The van der Waals surface area contributed by atoms with Gasteiger partial charge in [-0.2, -0.15) is 0 Å². The van der Waals surface area contributed by atoms with Gasteiger partial charge in [0, 0.05) is 12.8 Å². The predicted molar refractivity (Wildman–Crippen MR) is 32.6 cm³/mol. The zero-order chi connectivity index (χ0) is 6.91. The molecule has 0 atom stereocenters. The fourth-order valence-corrected chi connectivity index (χ4v) is 0.908. The molecule has 9 heavy (non-hydrogen) atoms. The predicted octanol–water partition coefficient (Wildman–Crippen LogP) is 2.75. The Labute approximate surface area is 53.6 Å². The highest BCUT2D eigenvalue weighted by Crippen LogP contribution is 2.31. The van der Waals surface area contributed by atoms with E-state index < -0.39 is 5.92 Å². The Bertz CT molecular complexity index is 136. The maximum absolute atomic E-state index is 12.3. The summed E-state index contributed by atoms with van der Waals surface area (Å²) in [6.07, 6.45) is 2.17. The minimum Gasteiger partial charge on any atom is -0.207 e. The van der Waals surface area contributed by atoms with Crippen LogP contribution in [0.1, 0.15) is 26.2 Å². The van der Waals surface area contributed by atoms with Gasteiger partial charge in [-0.3, -0.25) is 0 Å². The van der Waals surface area contributed by atoms with Crippen molar-refractivity contribution in [2.24, 2.45) is 0 Å². The van der Waals surface area contributed by atoms with Crippen molar-refractivity contribution in [3.05, 3.63) is 11.6 Å². The van der Waals surface area contributed by atoms with Crippen LogP contribution in [0.25, 0.3) is 0 Å². The summed E-state index contributed by atoms with van der Waals surface area (Å²) in [5.74, 6) is -2.42. The van der Waals surface area contributed by atoms with E-state index in [0.717, 1.165) is 5.57 Å². The molecule has 0 amide bonds. The van der Waals surface area contributed by atoms with E-state index in [1.165, 1.54) is 0 Å². The number of halogens is 2. The smallest absolute Gasteiger partial charge is 0.207 e. The zero-order valence-electron chi connectivity index (χ0n) is 5.45. The molecular weight excluding hydrogens is 122 g/mol. The van der Waals surface area contributed by atoms with Crippen molar-refractivity contribution in [2.45, 2.75) is 32.1 Å². The maximum atomic E-state index is 12.3. The molecule has 0 fully saturated rings. The van der Waals surface area contributed by atoms with Crippen LogP contribution in [0.2, 0.25) is 0 Å². The molecule has 0 bridgehead atoms. The Balaban J connectivity index is 2.56. The van der Waals surface area contributed by atoms with Crippen molar-refractivity contribution in [3.8, 4) is 0 Å². The van der Waals surface area contributed by atoms with Crippen LogP contribution in [0.5, 0.6) is 0 Å². The van der Waals surface area contributed by atoms with E-state index in [0.29, 0.717) is 6.42 Å². The molecule has 0 aromatic heterocycles. The summed E-state index contributed by atoms with van der Waals surface area (Å²) in [6.45, 7) is 1.90. The molecule has 1 rings (SSSR count). The second kappa shape index (κ2) is 2.09. The van der Waals surface area contributed by atoms with Crippen molar-refractivity contribution in [3.63, 3.8) is 0 Å². The van der Waals surface area contributed by atoms with Gasteiger partial charge in [0.05, 0.1) is 0 Å². The Morgan fingerprint density at radius 1 is 1.56 bits per heavy atom. The molecular formula is C7H10F2. The third kappa shape index (κ3) is 1.77. The first-order valence-corrected chi connectivity index (χ1v) is 3.14. The zero-order valence-corrected chi connectivity index (χ0v) is 5.45. The van der Waals surface area contributed by atoms with Crippen molar-refractivity contribution >= 4 is 0 Å². The number of rotatable bonds is 0. The summed E-state index contributed by atoms with van der Waals surface area (Å²) in [4.78, 5) is 0. The molecule has 0 radical (unpaired) electrons. The van der Waals surface area contributed by atoms with Crippen molar-refractivity contribution in [2.75, 3.05) is 0 Å². The van der Waals surface area contributed by atoms with Crippen LogP contribution in [-0.2, 0) is 0 Å². The fourth-order valence-electron chi connectivity index (χ4n) is 0.908. The number of alkyl halides is 2. The van der Waals surface area contributed by atoms with Gasteiger partial charge in [-0.25, -0.2) is 8.78 Å². The lowest BCUT2D eigenvalue weighted by molar-refractivity contribution is -0.00859. The van der Waals surface area contributed by atoms with E-state index in [4.69, 9.17) is 0 Å². The van der Waals surface area contributed by atoms with Gasteiger partial charge in [-0.15, -0.1) is 0 Å². The molecule has 52 valence electrons. The average molecular weight is 132 g/mol. The summed E-state index contributed by atoms with van der Waals surface area (Å²) < 4.78 is 24.7. The molecule has 0 aromatic carbocycles. The first kappa shape index (κ1) is 6.72. The van der Waals surface area contributed by atoms with E-state index in [-0.39, 0.29) is 12.8 Å². The van der Waals surface area contributed by atoms with Gasteiger partial charge >= 0.3 is 0 Å². The molecule has 0 aromatic rings. The SMILES string of the molecule is CC1=CCC(F)(F)CC1. The lowest BCUT2D eigenvalue weighted by Crippen LogP contribution is -2.17. The molecule has 1 aliphatic carbocycles. The molecule has 0 heterocycles. The van der Waals surface area contributed by atoms with Gasteiger partial charge in [0.1, 0.15) is 0 Å². The van der Waals surface area contributed by atoms with Crippen LogP contribution in [0, 0.1) is 0 Å². The van der Waals surface area contributed by atoms with E-state index in [1.807, 2.05) is 6.92 Å². The van der Waals surface area contributed by atoms with Crippen LogP contribution >= 0.6 is 0 Å². The van der Waals surface area contributed by atoms with Gasteiger partial charge in [0.25, 0.3) is 5.92 Å². The number of hydrogen-bond donors (Lipinski definition) is 0. The molecule has 0 spiro atoms. The van der Waals surface area contributed by atoms with E-state index in [9.17, 15) is 8.78 Å².